The van der Waals surface area contributed by atoms with Crippen molar-refractivity contribution in [3.63, 3.8) is 0 Å². The Kier molecular flexibility index (Phi) is 3.99. The molecule has 0 bridgehead atoms. The number of hydrogen-bond acceptors (Lipinski definition) is 4. The minimum atomic E-state index is -0.441. The third-order valence-corrected chi connectivity index (χ3v) is 4.28. The van der Waals surface area contributed by atoms with E-state index in [2.05, 4.69) is 20.9 Å². The Morgan fingerprint density at radius 1 is 1.35 bits per heavy atom. The van der Waals surface area contributed by atoms with Gasteiger partial charge in [-0.15, -0.1) is 0 Å². The number of fused-ring (bicyclic) bond motifs is 1. The molecule has 0 aliphatic heterocycles. The van der Waals surface area contributed by atoms with Gasteiger partial charge >= 0.3 is 0 Å². The monoisotopic (exact) mass is 395 g/mol. The highest BCUT2D eigenvalue weighted by Crippen LogP contribution is 2.39. The van der Waals surface area contributed by atoms with Crippen LogP contribution in [0, 0.1) is 10.1 Å². The van der Waals surface area contributed by atoms with Gasteiger partial charge in [-0.3, -0.25) is 10.1 Å². The summed E-state index contributed by atoms with van der Waals surface area (Å²) >= 11 is 9.62. The molecule has 2 heterocycles. The molecule has 0 N–H and O–H groups in total. The van der Waals surface area contributed by atoms with Crippen molar-refractivity contribution in [1.29, 1.82) is 0 Å². The lowest BCUT2D eigenvalue weighted by Gasteiger charge is -2.05. The minimum absolute atomic E-state index is 0.0125. The largest absolute Gasteiger partial charge is 0.479 e. The number of benzene rings is 1. The van der Waals surface area contributed by atoms with Crippen molar-refractivity contribution in [3.05, 3.63) is 50.2 Å². The summed E-state index contributed by atoms with van der Waals surface area (Å²) in [5.74, 6) is 0.463. The zero-order valence-corrected chi connectivity index (χ0v) is 14.6. The Balaban J connectivity index is 2.36. The van der Waals surface area contributed by atoms with Gasteiger partial charge in [0.25, 0.3) is 5.69 Å². The number of nitro benzene ring substituents is 1. The Morgan fingerprint density at radius 3 is 2.74 bits per heavy atom. The smallest absolute Gasteiger partial charge is 0.270 e. The van der Waals surface area contributed by atoms with E-state index in [9.17, 15) is 10.1 Å². The Morgan fingerprint density at radius 2 is 2.09 bits per heavy atom. The van der Waals surface area contributed by atoms with Crippen LogP contribution in [0.2, 0.25) is 5.02 Å². The van der Waals surface area contributed by atoms with Gasteiger partial charge in [0.15, 0.2) is 0 Å². The second-order valence-corrected chi connectivity index (χ2v) is 6.15. The second kappa shape index (κ2) is 5.82. The Hall–Kier alpha value is -2.12. The molecule has 23 heavy (non-hydrogen) atoms. The lowest BCUT2D eigenvalue weighted by Crippen LogP contribution is -1.93. The van der Waals surface area contributed by atoms with Crippen LogP contribution >= 0.6 is 27.5 Å². The maximum atomic E-state index is 11.0. The molecule has 0 saturated carbocycles. The molecule has 2 aromatic heterocycles. The van der Waals surface area contributed by atoms with Gasteiger partial charge in [-0.2, -0.15) is 0 Å². The van der Waals surface area contributed by atoms with Crippen molar-refractivity contribution in [2.45, 2.75) is 0 Å². The van der Waals surface area contributed by atoms with E-state index in [4.69, 9.17) is 16.3 Å². The fourth-order valence-electron chi connectivity index (χ4n) is 2.55. The Labute approximate surface area is 144 Å². The molecule has 8 heteroatoms. The predicted octanol–water partition coefficient (Wildman–Crippen LogP) is 4.57. The number of pyridine rings is 1. The molecular formula is C15H11BrClN3O3. The molecular weight excluding hydrogens is 386 g/mol. The van der Waals surface area contributed by atoms with Gasteiger partial charge in [0.2, 0.25) is 5.88 Å². The molecule has 0 atom stereocenters. The van der Waals surface area contributed by atoms with Crippen LogP contribution in [0.4, 0.5) is 5.69 Å². The standard InChI is InChI=1S/C15H11BrClN3O3/c1-19-7-11(9-5-8(20(21)22)3-4-12(9)17)10-6-13(16)18-15(23-2)14(10)19/h3-7H,1-2H3. The number of aromatic nitrogens is 2. The third kappa shape index (κ3) is 2.66. The normalized spacial score (nSPS) is 11.0. The molecule has 0 aliphatic carbocycles. The summed E-state index contributed by atoms with van der Waals surface area (Å²) in [7, 11) is 3.40. The third-order valence-electron chi connectivity index (χ3n) is 3.54. The average Bonchev–Trinajstić information content (AvgIpc) is 2.83. The minimum Gasteiger partial charge on any atom is -0.479 e. The lowest BCUT2D eigenvalue weighted by atomic mass is 10.0. The number of nitrogens with zero attached hydrogens (tertiary/aromatic N) is 3. The van der Waals surface area contributed by atoms with Gasteiger partial charge in [-0.1, -0.05) is 11.6 Å². The lowest BCUT2D eigenvalue weighted by molar-refractivity contribution is -0.384. The first-order valence-electron chi connectivity index (χ1n) is 6.56. The number of aryl methyl sites for hydroxylation is 1. The highest BCUT2D eigenvalue weighted by molar-refractivity contribution is 9.10. The summed E-state index contributed by atoms with van der Waals surface area (Å²) in [6.45, 7) is 0. The predicted molar refractivity (Wildman–Crippen MR) is 92.1 cm³/mol. The molecule has 3 aromatic rings. The molecule has 3 rings (SSSR count). The maximum absolute atomic E-state index is 11.0. The van der Waals surface area contributed by atoms with Crippen LogP contribution in [-0.4, -0.2) is 21.6 Å². The zero-order chi connectivity index (χ0) is 16.7. The highest BCUT2D eigenvalue weighted by Gasteiger charge is 2.19. The van der Waals surface area contributed by atoms with Crippen LogP contribution in [0.1, 0.15) is 0 Å². The highest BCUT2D eigenvalue weighted by atomic mass is 79.9. The van der Waals surface area contributed by atoms with Gasteiger partial charge in [0, 0.05) is 46.9 Å². The molecule has 118 valence electrons. The molecule has 0 spiro atoms. The van der Waals surface area contributed by atoms with E-state index >= 15 is 0 Å². The average molecular weight is 397 g/mol. The first kappa shape index (κ1) is 15.8. The molecule has 0 unspecified atom stereocenters. The van der Waals surface area contributed by atoms with Crippen LogP contribution in [0.15, 0.2) is 35.1 Å². The summed E-state index contributed by atoms with van der Waals surface area (Å²) in [6, 6.07) is 6.22. The number of non-ortho nitro benzene ring substituents is 1. The summed E-state index contributed by atoms with van der Waals surface area (Å²) in [5.41, 5.74) is 2.14. The van der Waals surface area contributed by atoms with Gasteiger partial charge in [0.1, 0.15) is 10.1 Å². The molecule has 0 amide bonds. The molecule has 0 radical (unpaired) electrons. The molecule has 1 aromatic carbocycles. The van der Waals surface area contributed by atoms with Crippen molar-refractivity contribution >= 4 is 44.1 Å². The number of methoxy groups -OCH3 is 1. The van der Waals surface area contributed by atoms with Crippen molar-refractivity contribution in [2.24, 2.45) is 7.05 Å². The SMILES string of the molecule is COc1nc(Br)cc2c(-c3cc([N+](=O)[O-])ccc3Cl)cn(C)c12. The summed E-state index contributed by atoms with van der Waals surface area (Å²) in [4.78, 5) is 14.9. The van der Waals surface area contributed by atoms with Crippen LogP contribution < -0.4 is 4.74 Å². The fourth-order valence-corrected chi connectivity index (χ4v) is 3.16. The second-order valence-electron chi connectivity index (χ2n) is 4.93. The van der Waals surface area contributed by atoms with Crippen LogP contribution in [0.25, 0.3) is 22.0 Å². The number of ether oxygens (including phenoxy) is 1. The van der Waals surface area contributed by atoms with E-state index in [1.807, 2.05) is 23.9 Å². The van der Waals surface area contributed by atoms with E-state index in [-0.39, 0.29) is 5.69 Å². The summed E-state index contributed by atoms with van der Waals surface area (Å²) < 4.78 is 7.79. The molecule has 0 saturated heterocycles. The number of hydrogen-bond donors (Lipinski definition) is 0. The summed E-state index contributed by atoms with van der Waals surface area (Å²) in [5, 5.41) is 12.3. The first-order chi connectivity index (χ1) is 10.9. The maximum Gasteiger partial charge on any atom is 0.270 e. The summed E-state index contributed by atoms with van der Waals surface area (Å²) in [6.07, 6.45) is 1.85. The molecule has 0 fully saturated rings. The molecule has 6 nitrogen and oxygen atoms in total. The van der Waals surface area contributed by atoms with Gasteiger partial charge in [-0.25, -0.2) is 4.98 Å². The van der Waals surface area contributed by atoms with E-state index in [1.54, 1.807) is 7.11 Å². The van der Waals surface area contributed by atoms with Crippen LogP contribution in [-0.2, 0) is 7.05 Å². The van der Waals surface area contributed by atoms with Crippen LogP contribution in [0.5, 0.6) is 5.88 Å². The van der Waals surface area contributed by atoms with Crippen molar-refractivity contribution in [1.82, 2.24) is 9.55 Å². The van der Waals surface area contributed by atoms with Crippen molar-refractivity contribution in [3.8, 4) is 17.0 Å². The van der Waals surface area contributed by atoms with Gasteiger partial charge in [0.05, 0.1) is 12.0 Å². The number of halogens is 2. The quantitative estimate of drug-likeness (QED) is 0.369. The van der Waals surface area contributed by atoms with Crippen molar-refractivity contribution < 1.29 is 9.66 Å². The number of rotatable bonds is 3. The van der Waals surface area contributed by atoms with Gasteiger partial charge in [-0.05, 0) is 28.1 Å². The fraction of sp³-hybridized carbons (Fsp3) is 0.133. The number of nitro groups is 1. The van der Waals surface area contributed by atoms with E-state index in [1.165, 1.54) is 18.2 Å². The van der Waals surface area contributed by atoms with Crippen LogP contribution in [0.3, 0.4) is 0 Å². The van der Waals surface area contributed by atoms with E-state index in [0.717, 1.165) is 16.5 Å². The topological polar surface area (TPSA) is 70.2 Å². The Bertz CT molecular complexity index is 939. The zero-order valence-electron chi connectivity index (χ0n) is 12.2. The van der Waals surface area contributed by atoms with E-state index < -0.39 is 4.92 Å². The van der Waals surface area contributed by atoms with Crippen molar-refractivity contribution in [2.75, 3.05) is 7.11 Å². The van der Waals surface area contributed by atoms with Gasteiger partial charge < -0.3 is 9.30 Å². The first-order valence-corrected chi connectivity index (χ1v) is 7.73. The molecule has 0 aliphatic rings. The van der Waals surface area contributed by atoms with E-state index in [0.29, 0.717) is 21.1 Å².